The van der Waals surface area contributed by atoms with Crippen molar-refractivity contribution in [2.24, 2.45) is 0 Å². The van der Waals surface area contributed by atoms with Gasteiger partial charge < -0.3 is 15.3 Å². The molecule has 23 heavy (non-hydrogen) atoms. The van der Waals surface area contributed by atoms with Gasteiger partial charge in [0.15, 0.2) is 0 Å². The minimum Gasteiger partial charge on any atom is -0.508 e. The molecule has 122 valence electrons. The van der Waals surface area contributed by atoms with Gasteiger partial charge in [-0.1, -0.05) is 6.58 Å². The van der Waals surface area contributed by atoms with Gasteiger partial charge in [0.25, 0.3) is 10.0 Å². The predicted molar refractivity (Wildman–Crippen MR) is 88.2 cm³/mol. The van der Waals surface area contributed by atoms with Gasteiger partial charge in [-0.25, -0.2) is 8.42 Å². The van der Waals surface area contributed by atoms with E-state index in [9.17, 15) is 13.5 Å². The molecule has 0 aromatic heterocycles. The molecule has 3 N–H and O–H groups in total. The molecule has 0 atom stereocenters. The number of sulfonamides is 1. The van der Waals surface area contributed by atoms with Crippen LogP contribution < -0.4 is 15.0 Å². The molecule has 0 unspecified atom stereocenters. The lowest BCUT2D eigenvalue weighted by atomic mass is 10.2. The van der Waals surface area contributed by atoms with Gasteiger partial charge in [-0.2, -0.15) is 0 Å². The minimum absolute atomic E-state index is 0.104. The van der Waals surface area contributed by atoms with E-state index in [2.05, 4.69) is 16.8 Å². The summed E-state index contributed by atoms with van der Waals surface area (Å²) in [6.07, 6.45) is 0. The predicted octanol–water partition coefficient (Wildman–Crippen LogP) is 2.24. The maximum absolute atomic E-state index is 12.2. The second-order valence-electron chi connectivity index (χ2n) is 4.66. The Bertz CT molecular complexity index is 769. The Labute approximate surface area is 135 Å². The van der Waals surface area contributed by atoms with Crippen LogP contribution in [0.2, 0.25) is 0 Å². The Hall–Kier alpha value is -2.51. The molecule has 6 nitrogen and oxygen atoms in total. The van der Waals surface area contributed by atoms with E-state index in [1.165, 1.54) is 24.3 Å². The van der Waals surface area contributed by atoms with Crippen molar-refractivity contribution in [1.82, 2.24) is 10.3 Å². The quantitative estimate of drug-likeness (QED) is 0.676. The van der Waals surface area contributed by atoms with Gasteiger partial charge in [0.1, 0.15) is 11.5 Å². The first kappa shape index (κ1) is 16.9. The van der Waals surface area contributed by atoms with E-state index < -0.39 is 10.0 Å². The van der Waals surface area contributed by atoms with Crippen LogP contribution in [0, 0.1) is 0 Å². The molecule has 2 aromatic rings. The Morgan fingerprint density at radius 2 is 1.74 bits per heavy atom. The van der Waals surface area contributed by atoms with Crippen LogP contribution in [-0.2, 0) is 10.0 Å². The second kappa shape index (κ2) is 7.17. The highest BCUT2D eigenvalue weighted by molar-refractivity contribution is 7.89. The van der Waals surface area contributed by atoms with Gasteiger partial charge in [0, 0.05) is 5.70 Å². The fraction of sp³-hybridized carbons (Fsp3) is 0.125. The second-order valence-corrected chi connectivity index (χ2v) is 6.34. The third kappa shape index (κ3) is 4.48. The smallest absolute Gasteiger partial charge is 0.257 e. The summed E-state index contributed by atoms with van der Waals surface area (Å²) in [5.74, 6) is 0.726. The van der Waals surface area contributed by atoms with Crippen molar-refractivity contribution < 1.29 is 18.3 Å². The summed E-state index contributed by atoms with van der Waals surface area (Å²) in [5.41, 5.74) is 3.56. The van der Waals surface area contributed by atoms with Crippen LogP contribution in [0.4, 0.5) is 0 Å². The lowest BCUT2D eigenvalue weighted by Gasteiger charge is -2.12. The number of hydrogen-bond donors (Lipinski definition) is 3. The Morgan fingerprint density at radius 3 is 2.30 bits per heavy atom. The zero-order valence-corrected chi connectivity index (χ0v) is 13.4. The van der Waals surface area contributed by atoms with Gasteiger partial charge in [0.2, 0.25) is 0 Å². The Morgan fingerprint density at radius 1 is 1.13 bits per heavy atom. The molecule has 7 heteroatoms. The van der Waals surface area contributed by atoms with Gasteiger partial charge >= 0.3 is 0 Å². The normalized spacial score (nSPS) is 11.0. The number of phenolic OH excluding ortho intramolecular Hbond substituents is 1. The molecule has 0 radical (unpaired) electrons. The maximum Gasteiger partial charge on any atom is 0.257 e. The first-order valence-corrected chi connectivity index (χ1v) is 8.39. The molecule has 2 aromatic carbocycles. The molecule has 2 rings (SSSR count). The van der Waals surface area contributed by atoms with E-state index in [1.54, 1.807) is 24.3 Å². The molecule has 0 amide bonds. The Kier molecular flexibility index (Phi) is 5.25. The van der Waals surface area contributed by atoms with Crippen LogP contribution in [0.25, 0.3) is 5.70 Å². The molecule has 0 fully saturated rings. The highest BCUT2D eigenvalue weighted by Crippen LogP contribution is 2.17. The fourth-order valence-electron chi connectivity index (χ4n) is 1.80. The average molecular weight is 334 g/mol. The van der Waals surface area contributed by atoms with E-state index in [0.29, 0.717) is 23.6 Å². The monoisotopic (exact) mass is 334 g/mol. The van der Waals surface area contributed by atoms with E-state index in [0.717, 1.165) is 0 Å². The topological polar surface area (TPSA) is 87.7 Å². The number of hydrogen-bond acceptors (Lipinski definition) is 5. The van der Waals surface area contributed by atoms with Crippen LogP contribution in [0.15, 0.2) is 60.0 Å². The van der Waals surface area contributed by atoms with Crippen molar-refractivity contribution in [3.05, 3.63) is 60.7 Å². The zero-order chi connectivity index (χ0) is 16.9. The lowest BCUT2D eigenvalue weighted by Crippen LogP contribution is -2.35. The summed E-state index contributed by atoms with van der Waals surface area (Å²) in [6.45, 7) is 6.11. The SMILES string of the molecule is C=C(NNS(=O)(=O)c1ccc(OCC)cc1)c1ccc(O)cc1. The number of ether oxygens (including phenoxy) is 1. The molecule has 0 aliphatic heterocycles. The first-order valence-electron chi connectivity index (χ1n) is 6.91. The number of hydrazine groups is 1. The van der Waals surface area contributed by atoms with Crippen molar-refractivity contribution in [1.29, 1.82) is 0 Å². The Balaban J connectivity index is 2.03. The molecule has 0 spiro atoms. The van der Waals surface area contributed by atoms with Crippen molar-refractivity contribution in [2.75, 3.05) is 6.61 Å². The molecule has 0 saturated carbocycles. The molecule has 0 bridgehead atoms. The molecular formula is C16H18N2O4S. The van der Waals surface area contributed by atoms with Crippen molar-refractivity contribution in [2.45, 2.75) is 11.8 Å². The van der Waals surface area contributed by atoms with Crippen LogP contribution in [0.3, 0.4) is 0 Å². The van der Waals surface area contributed by atoms with Gasteiger partial charge in [-0.3, -0.25) is 0 Å². The van der Waals surface area contributed by atoms with Crippen LogP contribution in [0.5, 0.6) is 11.5 Å². The zero-order valence-electron chi connectivity index (χ0n) is 12.6. The van der Waals surface area contributed by atoms with E-state index in [-0.39, 0.29) is 10.6 Å². The highest BCUT2D eigenvalue weighted by atomic mass is 32.2. The summed E-state index contributed by atoms with van der Waals surface area (Å²) in [5, 5.41) is 9.24. The number of benzene rings is 2. The van der Waals surface area contributed by atoms with Gasteiger partial charge in [0.05, 0.1) is 11.5 Å². The van der Waals surface area contributed by atoms with E-state index in [1.807, 2.05) is 6.92 Å². The molecular weight excluding hydrogens is 316 g/mol. The summed E-state index contributed by atoms with van der Waals surface area (Å²) in [6, 6.07) is 12.3. The highest BCUT2D eigenvalue weighted by Gasteiger charge is 2.14. The van der Waals surface area contributed by atoms with Crippen LogP contribution >= 0.6 is 0 Å². The first-order chi connectivity index (χ1) is 10.9. The van der Waals surface area contributed by atoms with Gasteiger partial charge in [-0.05, 0) is 61.0 Å². The molecule has 0 aliphatic rings. The number of aromatic hydroxyl groups is 1. The minimum atomic E-state index is -3.73. The fourth-order valence-corrected chi connectivity index (χ4v) is 2.67. The van der Waals surface area contributed by atoms with E-state index >= 15 is 0 Å². The largest absolute Gasteiger partial charge is 0.508 e. The number of nitrogens with one attached hydrogen (secondary N) is 2. The summed E-state index contributed by atoms with van der Waals surface area (Å²) in [7, 11) is -3.73. The number of rotatable bonds is 7. The van der Waals surface area contributed by atoms with Crippen molar-refractivity contribution in [3.63, 3.8) is 0 Å². The summed E-state index contributed by atoms with van der Waals surface area (Å²) >= 11 is 0. The third-order valence-electron chi connectivity index (χ3n) is 3.00. The van der Waals surface area contributed by atoms with Crippen LogP contribution in [-0.4, -0.2) is 20.1 Å². The maximum atomic E-state index is 12.2. The van der Waals surface area contributed by atoms with Gasteiger partial charge in [-0.15, -0.1) is 4.83 Å². The van der Waals surface area contributed by atoms with Crippen molar-refractivity contribution >= 4 is 15.7 Å². The summed E-state index contributed by atoms with van der Waals surface area (Å²) < 4.78 is 29.7. The summed E-state index contributed by atoms with van der Waals surface area (Å²) in [4.78, 5) is 2.36. The molecule has 0 saturated heterocycles. The standard InChI is InChI=1S/C16H18N2O4S/c1-3-22-15-8-10-16(11-9-15)23(20,21)18-17-12(2)13-4-6-14(19)7-5-13/h4-11,17-19H,2-3H2,1H3. The van der Waals surface area contributed by atoms with E-state index in [4.69, 9.17) is 4.74 Å². The number of phenols is 1. The third-order valence-corrected chi connectivity index (χ3v) is 4.26. The molecule has 0 heterocycles. The van der Waals surface area contributed by atoms with Crippen LogP contribution in [0.1, 0.15) is 12.5 Å². The van der Waals surface area contributed by atoms with Crippen molar-refractivity contribution in [3.8, 4) is 11.5 Å². The average Bonchev–Trinajstić information content (AvgIpc) is 2.54. The lowest BCUT2D eigenvalue weighted by molar-refractivity contribution is 0.340. The molecule has 0 aliphatic carbocycles.